The molecule has 1 heterocycles. The van der Waals surface area contributed by atoms with Crippen LogP contribution in [0.15, 0.2) is 66.7 Å². The van der Waals surface area contributed by atoms with Gasteiger partial charge in [0.2, 0.25) is 0 Å². The SMILES string of the molecule is Cc1ccc(C)n1N(CC(=O)c1ccccc1)C(=O)c1ccccc1Cl. The van der Waals surface area contributed by atoms with Crippen molar-refractivity contribution in [3.05, 3.63) is 94.3 Å². The number of aromatic nitrogens is 1. The first-order valence-electron chi connectivity index (χ1n) is 8.29. The van der Waals surface area contributed by atoms with Crippen LogP contribution < -0.4 is 5.01 Å². The Kier molecular flexibility index (Phi) is 5.24. The van der Waals surface area contributed by atoms with Crippen LogP contribution in [0, 0.1) is 13.8 Å². The van der Waals surface area contributed by atoms with Crippen LogP contribution in [0.3, 0.4) is 0 Å². The third kappa shape index (κ3) is 3.55. The van der Waals surface area contributed by atoms with Gasteiger partial charge in [0.1, 0.15) is 6.54 Å². The number of amides is 1. The number of benzene rings is 2. The molecule has 1 aromatic heterocycles. The maximum Gasteiger partial charge on any atom is 0.274 e. The highest BCUT2D eigenvalue weighted by molar-refractivity contribution is 6.34. The molecule has 0 aliphatic heterocycles. The summed E-state index contributed by atoms with van der Waals surface area (Å²) < 4.78 is 1.76. The van der Waals surface area contributed by atoms with Gasteiger partial charge >= 0.3 is 0 Å². The summed E-state index contributed by atoms with van der Waals surface area (Å²) in [5, 5.41) is 1.80. The molecular weight excluding hydrogens is 348 g/mol. The number of carbonyl (C=O) groups is 2. The molecule has 0 aliphatic rings. The zero-order chi connectivity index (χ0) is 18.7. The fourth-order valence-electron chi connectivity index (χ4n) is 2.90. The summed E-state index contributed by atoms with van der Waals surface area (Å²) >= 11 is 6.22. The van der Waals surface area contributed by atoms with E-state index in [0.29, 0.717) is 16.1 Å². The molecule has 0 fully saturated rings. The average molecular weight is 367 g/mol. The van der Waals surface area contributed by atoms with Crippen molar-refractivity contribution < 1.29 is 9.59 Å². The lowest BCUT2D eigenvalue weighted by Gasteiger charge is -2.27. The van der Waals surface area contributed by atoms with E-state index in [1.165, 1.54) is 5.01 Å². The summed E-state index contributed by atoms with van der Waals surface area (Å²) in [6.45, 7) is 3.71. The van der Waals surface area contributed by atoms with E-state index in [-0.39, 0.29) is 18.2 Å². The Morgan fingerprint density at radius 2 is 1.46 bits per heavy atom. The van der Waals surface area contributed by atoms with Crippen LogP contribution in [0.2, 0.25) is 5.02 Å². The summed E-state index contributed by atoms with van der Waals surface area (Å²) in [5.41, 5.74) is 2.65. The topological polar surface area (TPSA) is 42.3 Å². The number of halogens is 1. The van der Waals surface area contributed by atoms with Crippen molar-refractivity contribution in [2.24, 2.45) is 0 Å². The van der Waals surface area contributed by atoms with Gasteiger partial charge in [-0.2, -0.15) is 0 Å². The molecule has 4 nitrogen and oxygen atoms in total. The molecule has 3 rings (SSSR count). The highest BCUT2D eigenvalue weighted by atomic mass is 35.5. The maximum atomic E-state index is 13.2. The van der Waals surface area contributed by atoms with Gasteiger partial charge in [-0.05, 0) is 38.1 Å². The van der Waals surface area contributed by atoms with E-state index in [1.54, 1.807) is 53.2 Å². The number of rotatable bonds is 5. The second-order valence-electron chi connectivity index (χ2n) is 6.06. The van der Waals surface area contributed by atoms with Crippen molar-refractivity contribution in [3.63, 3.8) is 0 Å². The van der Waals surface area contributed by atoms with Crippen LogP contribution >= 0.6 is 11.6 Å². The van der Waals surface area contributed by atoms with Gasteiger partial charge in [0.05, 0.1) is 10.6 Å². The highest BCUT2D eigenvalue weighted by Crippen LogP contribution is 2.19. The average Bonchev–Trinajstić information content (AvgIpc) is 2.98. The van der Waals surface area contributed by atoms with Crippen molar-refractivity contribution >= 4 is 23.3 Å². The van der Waals surface area contributed by atoms with Crippen LogP contribution in [0.5, 0.6) is 0 Å². The molecule has 0 bridgehead atoms. The van der Waals surface area contributed by atoms with Gasteiger partial charge < -0.3 is 0 Å². The van der Waals surface area contributed by atoms with Crippen molar-refractivity contribution in [1.29, 1.82) is 0 Å². The molecule has 0 unspecified atom stereocenters. The Bertz CT molecular complexity index is 928. The molecule has 132 valence electrons. The maximum absolute atomic E-state index is 13.2. The molecule has 26 heavy (non-hydrogen) atoms. The Morgan fingerprint density at radius 1 is 0.885 bits per heavy atom. The molecule has 0 N–H and O–H groups in total. The van der Waals surface area contributed by atoms with E-state index < -0.39 is 0 Å². The van der Waals surface area contributed by atoms with Crippen LogP contribution in [0.1, 0.15) is 32.1 Å². The first-order chi connectivity index (χ1) is 12.5. The van der Waals surface area contributed by atoms with Crippen molar-refractivity contribution in [2.75, 3.05) is 11.6 Å². The molecular formula is C21H19ClN2O2. The Morgan fingerprint density at radius 3 is 2.08 bits per heavy atom. The molecule has 1 amide bonds. The van der Waals surface area contributed by atoms with E-state index >= 15 is 0 Å². The van der Waals surface area contributed by atoms with Crippen molar-refractivity contribution in [2.45, 2.75) is 13.8 Å². The predicted octanol–water partition coefficient (Wildman–Crippen LogP) is 4.42. The van der Waals surface area contributed by atoms with Gasteiger partial charge in [0.25, 0.3) is 5.91 Å². The van der Waals surface area contributed by atoms with Crippen LogP contribution in [0.4, 0.5) is 0 Å². The third-order valence-electron chi connectivity index (χ3n) is 4.20. The van der Waals surface area contributed by atoms with Crippen LogP contribution in [0.25, 0.3) is 0 Å². The monoisotopic (exact) mass is 366 g/mol. The minimum Gasteiger partial charge on any atom is -0.292 e. The number of nitrogens with zero attached hydrogens (tertiary/aromatic N) is 2. The number of Topliss-reactive ketones (excluding diaryl/α,β-unsaturated/α-hetero) is 1. The minimum absolute atomic E-state index is 0.0789. The van der Waals surface area contributed by atoms with E-state index in [0.717, 1.165) is 11.4 Å². The first kappa shape index (κ1) is 18.0. The molecule has 5 heteroatoms. The predicted molar refractivity (Wildman–Crippen MR) is 104 cm³/mol. The largest absolute Gasteiger partial charge is 0.292 e. The normalized spacial score (nSPS) is 10.6. The van der Waals surface area contributed by atoms with Crippen molar-refractivity contribution in [1.82, 2.24) is 4.68 Å². The van der Waals surface area contributed by atoms with Gasteiger partial charge in [0.15, 0.2) is 5.78 Å². The van der Waals surface area contributed by atoms with Crippen LogP contribution in [-0.2, 0) is 0 Å². The molecule has 0 atom stereocenters. The number of ketones is 1. The lowest BCUT2D eigenvalue weighted by atomic mass is 10.1. The molecule has 0 spiro atoms. The fourth-order valence-corrected chi connectivity index (χ4v) is 3.12. The number of hydrogen-bond donors (Lipinski definition) is 0. The molecule has 0 aliphatic carbocycles. The van der Waals surface area contributed by atoms with Crippen molar-refractivity contribution in [3.8, 4) is 0 Å². The Labute approximate surface area is 157 Å². The second-order valence-corrected chi connectivity index (χ2v) is 6.47. The zero-order valence-electron chi connectivity index (χ0n) is 14.6. The lowest BCUT2D eigenvalue weighted by Crippen LogP contribution is -2.45. The number of carbonyl (C=O) groups excluding carboxylic acids is 2. The highest BCUT2D eigenvalue weighted by Gasteiger charge is 2.24. The summed E-state index contributed by atoms with van der Waals surface area (Å²) in [6.07, 6.45) is 0. The molecule has 3 aromatic rings. The van der Waals surface area contributed by atoms with Gasteiger partial charge in [0, 0.05) is 17.0 Å². The summed E-state index contributed by atoms with van der Waals surface area (Å²) in [5.74, 6) is -0.458. The standard InChI is InChI=1S/C21H19ClN2O2/c1-15-12-13-16(2)24(15)23(14-20(25)17-8-4-3-5-9-17)21(26)18-10-6-7-11-19(18)22/h3-13H,14H2,1-2H3. The second kappa shape index (κ2) is 7.58. The summed E-state index contributed by atoms with van der Waals surface area (Å²) in [6, 6.07) is 19.6. The lowest BCUT2D eigenvalue weighted by molar-refractivity contribution is 0.0908. The first-order valence-corrected chi connectivity index (χ1v) is 8.66. The van der Waals surface area contributed by atoms with Gasteiger partial charge in [-0.25, -0.2) is 5.01 Å². The van der Waals surface area contributed by atoms with E-state index in [9.17, 15) is 9.59 Å². The van der Waals surface area contributed by atoms with Gasteiger partial charge in [-0.15, -0.1) is 0 Å². The summed E-state index contributed by atoms with van der Waals surface area (Å²) in [4.78, 5) is 26.0. The van der Waals surface area contributed by atoms with E-state index in [2.05, 4.69) is 0 Å². The summed E-state index contributed by atoms with van der Waals surface area (Å²) in [7, 11) is 0. The third-order valence-corrected chi connectivity index (χ3v) is 4.53. The fraction of sp³-hybridized carbons (Fsp3) is 0.143. The quantitative estimate of drug-likeness (QED) is 0.627. The minimum atomic E-state index is -0.317. The smallest absolute Gasteiger partial charge is 0.274 e. The van der Waals surface area contributed by atoms with E-state index in [1.807, 2.05) is 32.0 Å². The number of hydrogen-bond acceptors (Lipinski definition) is 2. The molecule has 0 radical (unpaired) electrons. The molecule has 0 saturated carbocycles. The van der Waals surface area contributed by atoms with E-state index in [4.69, 9.17) is 11.6 Å². The number of aryl methyl sites for hydroxylation is 2. The van der Waals surface area contributed by atoms with Crippen LogP contribution in [-0.4, -0.2) is 22.9 Å². The van der Waals surface area contributed by atoms with Gasteiger partial charge in [-0.3, -0.25) is 14.3 Å². The Balaban J connectivity index is 2.02. The molecule has 2 aromatic carbocycles. The van der Waals surface area contributed by atoms with Gasteiger partial charge in [-0.1, -0.05) is 54.1 Å². The zero-order valence-corrected chi connectivity index (χ0v) is 15.4. The Hall–Kier alpha value is -2.85. The molecule has 0 saturated heterocycles.